The second-order valence-corrected chi connectivity index (χ2v) is 12.4. The van der Waals surface area contributed by atoms with Crippen molar-refractivity contribution in [3.05, 3.63) is 0 Å². The summed E-state index contributed by atoms with van der Waals surface area (Å²) in [4.78, 5) is 53.3. The van der Waals surface area contributed by atoms with Gasteiger partial charge in [0.2, 0.25) is 0 Å². The Morgan fingerprint density at radius 2 is 1.13 bits per heavy atom. The second-order valence-electron chi connectivity index (χ2n) is 12.4. The molecule has 47 heavy (non-hydrogen) atoms. The van der Waals surface area contributed by atoms with E-state index in [9.17, 15) is 19.2 Å². The summed E-state index contributed by atoms with van der Waals surface area (Å²) >= 11 is 0. The molecule has 1 rings (SSSR count). The fraction of sp³-hybridized carbons (Fsp3) is 0.886. The van der Waals surface area contributed by atoms with Crippen LogP contribution in [0, 0.1) is 0 Å². The Labute approximate surface area is 284 Å². The molecular weight excluding hydrogens is 604 g/mol. The number of unbranched alkanes of at least 4 members (excludes halogenated alkanes) is 2. The maximum Gasteiger partial charge on any atom is 0.407 e. The summed E-state index contributed by atoms with van der Waals surface area (Å²) < 4.78 is 21.6. The lowest BCUT2D eigenvalue weighted by molar-refractivity contribution is -0.144. The maximum absolute atomic E-state index is 12.4. The van der Waals surface area contributed by atoms with E-state index in [1.165, 1.54) is 12.8 Å². The van der Waals surface area contributed by atoms with Gasteiger partial charge in [-0.05, 0) is 96.8 Å². The van der Waals surface area contributed by atoms with Gasteiger partial charge in [0, 0.05) is 26.2 Å². The summed E-state index contributed by atoms with van der Waals surface area (Å²) in [5, 5.41) is 5.53. The Hall–Kier alpha value is -2.60. The Morgan fingerprint density at radius 1 is 0.660 bits per heavy atom. The van der Waals surface area contributed by atoms with E-state index >= 15 is 0 Å². The number of carbonyl (C=O) groups excluding carboxylic acids is 4. The molecule has 2 unspecified atom stereocenters. The quantitative estimate of drug-likeness (QED) is 0.0596. The first kappa shape index (κ1) is 42.4. The minimum absolute atomic E-state index is 0.0481. The lowest BCUT2D eigenvalue weighted by Gasteiger charge is -2.23. The highest BCUT2D eigenvalue weighted by Gasteiger charge is 2.16. The zero-order valence-electron chi connectivity index (χ0n) is 30.0. The molecule has 0 saturated carbocycles. The normalized spacial score (nSPS) is 14.4. The molecule has 274 valence electrons. The van der Waals surface area contributed by atoms with Crippen molar-refractivity contribution in [2.75, 3.05) is 65.6 Å². The molecule has 1 aliphatic rings. The van der Waals surface area contributed by atoms with Crippen molar-refractivity contribution in [3.8, 4) is 0 Å². The molecule has 0 spiro atoms. The van der Waals surface area contributed by atoms with Crippen molar-refractivity contribution >= 4 is 24.1 Å². The molecule has 1 saturated heterocycles. The zero-order valence-corrected chi connectivity index (χ0v) is 30.0. The first-order chi connectivity index (χ1) is 22.8. The molecule has 1 fully saturated rings. The van der Waals surface area contributed by atoms with Crippen molar-refractivity contribution in [1.29, 1.82) is 0 Å². The van der Waals surface area contributed by atoms with Crippen LogP contribution < -0.4 is 10.6 Å². The van der Waals surface area contributed by atoms with Gasteiger partial charge in [-0.2, -0.15) is 0 Å². The van der Waals surface area contributed by atoms with Gasteiger partial charge in [-0.3, -0.25) is 9.59 Å². The van der Waals surface area contributed by atoms with Gasteiger partial charge in [-0.15, -0.1) is 0 Å². The molecule has 0 aliphatic carbocycles. The molecule has 2 amide bonds. The number of nitrogens with zero attached hydrogens (tertiary/aromatic N) is 2. The lowest BCUT2D eigenvalue weighted by Crippen LogP contribution is -2.33. The summed E-state index contributed by atoms with van der Waals surface area (Å²) in [6, 6.07) is 0. The minimum atomic E-state index is -0.393. The molecular formula is C35H66N4O8. The molecule has 0 aromatic carbocycles. The second kappa shape index (κ2) is 28.4. The molecule has 0 aromatic heterocycles. The predicted octanol–water partition coefficient (Wildman–Crippen LogP) is 5.81. The van der Waals surface area contributed by atoms with Crippen LogP contribution >= 0.6 is 0 Å². The fourth-order valence-electron chi connectivity index (χ4n) is 5.43. The summed E-state index contributed by atoms with van der Waals surface area (Å²) in [5.74, 6) is -0.522. The van der Waals surface area contributed by atoms with Crippen molar-refractivity contribution in [1.82, 2.24) is 20.4 Å². The number of carbonyl (C=O) groups is 4. The van der Waals surface area contributed by atoms with E-state index in [1.807, 2.05) is 13.8 Å². The number of esters is 2. The Kier molecular flexibility index (Phi) is 25.6. The largest absolute Gasteiger partial charge is 0.466 e. The molecule has 1 heterocycles. The first-order valence-electron chi connectivity index (χ1n) is 18.5. The SMILES string of the molecule is CCCC(CC)OC(=O)NCCCCOC(=O)CCN(CCCN1CCCC1)CCC(=O)OCCCCNC(=O)OC(CC)CCC. The number of ether oxygens (including phenoxy) is 4. The molecule has 12 heteroatoms. The third-order valence-corrected chi connectivity index (χ3v) is 8.30. The average molecular weight is 671 g/mol. The van der Waals surface area contributed by atoms with Crippen LogP contribution in [0.3, 0.4) is 0 Å². The van der Waals surface area contributed by atoms with E-state index in [0.717, 1.165) is 71.1 Å². The van der Waals surface area contributed by atoms with E-state index in [2.05, 4.69) is 34.3 Å². The van der Waals surface area contributed by atoms with Crippen LogP contribution in [0.1, 0.15) is 124 Å². The van der Waals surface area contributed by atoms with Crippen molar-refractivity contribution in [3.63, 3.8) is 0 Å². The van der Waals surface area contributed by atoms with Gasteiger partial charge in [-0.1, -0.05) is 40.5 Å². The molecule has 2 atom stereocenters. The monoisotopic (exact) mass is 670 g/mol. The third kappa shape index (κ3) is 23.4. The van der Waals surface area contributed by atoms with Gasteiger partial charge in [-0.25, -0.2) is 9.59 Å². The molecule has 0 aromatic rings. The van der Waals surface area contributed by atoms with Crippen molar-refractivity contribution < 1.29 is 38.1 Å². The van der Waals surface area contributed by atoms with Gasteiger partial charge in [0.25, 0.3) is 0 Å². The van der Waals surface area contributed by atoms with Crippen LogP contribution in [0.2, 0.25) is 0 Å². The van der Waals surface area contributed by atoms with Gasteiger partial charge in [0.15, 0.2) is 0 Å². The van der Waals surface area contributed by atoms with E-state index in [4.69, 9.17) is 18.9 Å². The fourth-order valence-corrected chi connectivity index (χ4v) is 5.43. The van der Waals surface area contributed by atoms with Crippen LogP contribution in [-0.4, -0.2) is 112 Å². The van der Waals surface area contributed by atoms with E-state index in [1.54, 1.807) is 0 Å². The highest BCUT2D eigenvalue weighted by Crippen LogP contribution is 2.10. The Morgan fingerprint density at radius 3 is 1.55 bits per heavy atom. The summed E-state index contributed by atoms with van der Waals surface area (Å²) in [7, 11) is 0. The average Bonchev–Trinajstić information content (AvgIpc) is 3.58. The number of rotatable bonds is 28. The Balaban J connectivity index is 2.26. The number of hydrogen-bond acceptors (Lipinski definition) is 10. The number of amides is 2. The number of nitrogens with one attached hydrogen (secondary N) is 2. The summed E-state index contributed by atoms with van der Waals surface area (Å²) in [5.41, 5.74) is 0. The van der Waals surface area contributed by atoms with E-state index in [0.29, 0.717) is 65.1 Å². The smallest absolute Gasteiger partial charge is 0.407 e. The van der Waals surface area contributed by atoms with Crippen molar-refractivity contribution in [2.24, 2.45) is 0 Å². The van der Waals surface area contributed by atoms with Crippen LogP contribution in [0.15, 0.2) is 0 Å². The van der Waals surface area contributed by atoms with Gasteiger partial charge in [0.1, 0.15) is 12.2 Å². The Bertz CT molecular complexity index is 784. The topological polar surface area (TPSA) is 136 Å². The van der Waals surface area contributed by atoms with Crippen LogP contribution in [-0.2, 0) is 28.5 Å². The molecule has 0 radical (unpaired) electrons. The van der Waals surface area contributed by atoms with E-state index < -0.39 is 12.2 Å². The number of alkyl carbamates (subject to hydrolysis) is 2. The molecule has 2 N–H and O–H groups in total. The third-order valence-electron chi connectivity index (χ3n) is 8.30. The molecule has 1 aliphatic heterocycles. The standard InChI is InChI=1S/C35H66N4O8/c1-5-16-30(7-3)46-34(42)36-20-9-13-28-44-32(40)18-26-39(25-15-24-38-22-11-12-23-38)27-19-33(41)45-29-14-10-21-37-35(43)47-31(8-4)17-6-2/h30-31H,5-29H2,1-4H3,(H,36,42)(H,37,43). The van der Waals surface area contributed by atoms with Crippen LogP contribution in [0.5, 0.6) is 0 Å². The number of likely N-dealkylation sites (tertiary alicyclic amines) is 1. The zero-order chi connectivity index (χ0) is 34.5. The first-order valence-corrected chi connectivity index (χ1v) is 18.5. The highest BCUT2D eigenvalue weighted by atomic mass is 16.6. The van der Waals surface area contributed by atoms with Gasteiger partial charge in [0.05, 0.1) is 26.1 Å². The van der Waals surface area contributed by atoms with Crippen molar-refractivity contribution in [2.45, 2.75) is 136 Å². The highest BCUT2D eigenvalue weighted by molar-refractivity contribution is 5.70. The van der Waals surface area contributed by atoms with E-state index in [-0.39, 0.29) is 37.0 Å². The van der Waals surface area contributed by atoms with Gasteiger partial charge >= 0.3 is 24.1 Å². The maximum atomic E-state index is 12.4. The van der Waals surface area contributed by atoms with Crippen LogP contribution in [0.25, 0.3) is 0 Å². The lowest BCUT2D eigenvalue weighted by atomic mass is 10.2. The minimum Gasteiger partial charge on any atom is -0.466 e. The summed E-state index contributed by atoms with van der Waals surface area (Å²) in [6.07, 6.45) is 11.1. The number of hydrogen-bond donors (Lipinski definition) is 2. The molecule has 0 bridgehead atoms. The summed E-state index contributed by atoms with van der Waals surface area (Å²) in [6.45, 7) is 14.9. The predicted molar refractivity (Wildman–Crippen MR) is 183 cm³/mol. The molecule has 12 nitrogen and oxygen atoms in total. The van der Waals surface area contributed by atoms with Crippen LogP contribution in [0.4, 0.5) is 9.59 Å². The van der Waals surface area contributed by atoms with Gasteiger partial charge < -0.3 is 39.4 Å².